The first kappa shape index (κ1) is 15.7. The Morgan fingerprint density at radius 2 is 1.95 bits per heavy atom. The van der Waals surface area contributed by atoms with Crippen molar-refractivity contribution < 1.29 is 13.2 Å². The van der Waals surface area contributed by atoms with Gasteiger partial charge in [-0.05, 0) is 43.0 Å². The molecule has 0 bridgehead atoms. The van der Waals surface area contributed by atoms with Crippen LogP contribution >= 0.6 is 15.9 Å². The SMILES string of the molecule is CCc1cc(Br)ccc1NC1CCCCC1C(F)(F)F. The molecule has 5 heteroatoms. The fourth-order valence-corrected chi connectivity index (χ4v) is 3.30. The highest BCUT2D eigenvalue weighted by Crippen LogP contribution is 2.39. The number of rotatable bonds is 3. The van der Waals surface area contributed by atoms with Crippen LogP contribution in [0.2, 0.25) is 0 Å². The standard InChI is InChI=1S/C15H19BrF3N/c1-2-10-9-11(16)7-8-13(10)20-14-6-4-3-5-12(14)15(17,18)19/h7-9,12,14,20H,2-6H2,1H3. The van der Waals surface area contributed by atoms with Crippen LogP contribution in [-0.4, -0.2) is 12.2 Å². The fourth-order valence-electron chi connectivity index (χ4n) is 2.89. The Kier molecular flexibility index (Phi) is 4.99. The van der Waals surface area contributed by atoms with Crippen LogP contribution in [0, 0.1) is 5.92 Å². The first-order valence-electron chi connectivity index (χ1n) is 7.03. The van der Waals surface area contributed by atoms with Crippen LogP contribution in [0.1, 0.15) is 38.2 Å². The molecule has 2 rings (SSSR count). The van der Waals surface area contributed by atoms with Gasteiger partial charge in [-0.15, -0.1) is 0 Å². The summed E-state index contributed by atoms with van der Waals surface area (Å²) in [6.45, 7) is 2.01. The van der Waals surface area contributed by atoms with Gasteiger partial charge in [0.1, 0.15) is 0 Å². The van der Waals surface area contributed by atoms with Gasteiger partial charge in [0, 0.05) is 16.2 Å². The maximum Gasteiger partial charge on any atom is 0.393 e. The second-order valence-corrected chi connectivity index (χ2v) is 6.25. The normalized spacial score (nSPS) is 23.6. The number of nitrogens with one attached hydrogen (secondary N) is 1. The smallest absolute Gasteiger partial charge is 0.381 e. The molecule has 1 N–H and O–H groups in total. The first-order chi connectivity index (χ1) is 9.41. The van der Waals surface area contributed by atoms with Gasteiger partial charge in [-0.3, -0.25) is 0 Å². The van der Waals surface area contributed by atoms with Crippen LogP contribution in [0.3, 0.4) is 0 Å². The molecule has 0 aromatic heterocycles. The van der Waals surface area contributed by atoms with Crippen LogP contribution < -0.4 is 5.32 Å². The van der Waals surface area contributed by atoms with Gasteiger partial charge in [-0.1, -0.05) is 35.7 Å². The van der Waals surface area contributed by atoms with Crippen LogP contribution in [0.25, 0.3) is 0 Å². The third kappa shape index (κ3) is 3.68. The minimum Gasteiger partial charge on any atom is -0.381 e. The number of anilines is 1. The van der Waals surface area contributed by atoms with Crippen LogP contribution in [0.4, 0.5) is 18.9 Å². The van der Waals surface area contributed by atoms with E-state index in [4.69, 9.17) is 0 Å². The Bertz CT molecular complexity index is 459. The topological polar surface area (TPSA) is 12.0 Å². The Balaban J connectivity index is 2.19. The largest absolute Gasteiger partial charge is 0.393 e. The molecule has 1 nitrogen and oxygen atoms in total. The van der Waals surface area contributed by atoms with E-state index in [1.165, 1.54) is 0 Å². The van der Waals surface area contributed by atoms with Crippen molar-refractivity contribution in [2.45, 2.75) is 51.2 Å². The zero-order valence-electron chi connectivity index (χ0n) is 11.4. The molecule has 0 radical (unpaired) electrons. The van der Waals surface area contributed by atoms with Crippen LogP contribution in [0.5, 0.6) is 0 Å². The molecule has 2 atom stereocenters. The summed E-state index contributed by atoms with van der Waals surface area (Å²) in [5.41, 5.74) is 1.88. The summed E-state index contributed by atoms with van der Waals surface area (Å²) in [6, 6.07) is 5.20. The van der Waals surface area contributed by atoms with Crippen molar-refractivity contribution >= 4 is 21.6 Å². The van der Waals surface area contributed by atoms with Crippen molar-refractivity contribution in [3.8, 4) is 0 Å². The maximum absolute atomic E-state index is 13.1. The molecule has 112 valence electrons. The summed E-state index contributed by atoms with van der Waals surface area (Å²) in [5.74, 6) is -1.23. The zero-order chi connectivity index (χ0) is 14.8. The molecular weight excluding hydrogens is 331 g/mol. The Morgan fingerprint density at radius 1 is 1.25 bits per heavy atom. The van der Waals surface area contributed by atoms with Gasteiger partial charge < -0.3 is 5.32 Å². The molecule has 0 saturated heterocycles. The fraction of sp³-hybridized carbons (Fsp3) is 0.600. The molecule has 1 aromatic rings. The van der Waals surface area contributed by atoms with Crippen molar-refractivity contribution in [1.29, 1.82) is 0 Å². The maximum atomic E-state index is 13.1. The molecule has 0 aliphatic heterocycles. The van der Waals surface area contributed by atoms with Gasteiger partial charge in [0.05, 0.1) is 5.92 Å². The number of halogens is 4. The minimum atomic E-state index is -4.11. The van der Waals surface area contributed by atoms with Crippen molar-refractivity contribution in [2.24, 2.45) is 5.92 Å². The second-order valence-electron chi connectivity index (χ2n) is 5.34. The molecule has 20 heavy (non-hydrogen) atoms. The molecule has 1 saturated carbocycles. The molecule has 0 spiro atoms. The van der Waals surface area contributed by atoms with Gasteiger partial charge in [0.25, 0.3) is 0 Å². The van der Waals surface area contributed by atoms with E-state index in [-0.39, 0.29) is 6.42 Å². The monoisotopic (exact) mass is 349 g/mol. The van der Waals surface area contributed by atoms with Crippen molar-refractivity contribution in [3.05, 3.63) is 28.2 Å². The number of alkyl halides is 3. The van der Waals surface area contributed by atoms with Crippen molar-refractivity contribution in [2.75, 3.05) is 5.32 Å². The van der Waals surface area contributed by atoms with E-state index in [1.807, 2.05) is 25.1 Å². The minimum absolute atomic E-state index is 0.235. The van der Waals surface area contributed by atoms with E-state index in [0.717, 1.165) is 28.6 Å². The Hall–Kier alpha value is -0.710. The van der Waals surface area contributed by atoms with Crippen LogP contribution in [0.15, 0.2) is 22.7 Å². The Labute approximate surface area is 126 Å². The molecule has 1 fully saturated rings. The number of aryl methyl sites for hydroxylation is 1. The third-order valence-electron chi connectivity index (χ3n) is 3.98. The van der Waals surface area contributed by atoms with Crippen molar-refractivity contribution in [1.82, 2.24) is 0 Å². The highest BCUT2D eigenvalue weighted by Gasteiger charge is 2.45. The highest BCUT2D eigenvalue weighted by atomic mass is 79.9. The average molecular weight is 350 g/mol. The number of hydrogen-bond donors (Lipinski definition) is 1. The number of benzene rings is 1. The lowest BCUT2D eigenvalue weighted by atomic mass is 9.83. The van der Waals surface area contributed by atoms with E-state index in [9.17, 15) is 13.2 Å². The summed E-state index contributed by atoms with van der Waals surface area (Å²) in [4.78, 5) is 0. The molecular formula is C15H19BrF3N. The molecule has 1 aromatic carbocycles. The summed E-state index contributed by atoms with van der Waals surface area (Å²) in [5, 5.41) is 3.14. The number of hydrogen-bond acceptors (Lipinski definition) is 1. The summed E-state index contributed by atoms with van der Waals surface area (Å²) < 4.78 is 40.2. The van der Waals surface area contributed by atoms with Gasteiger partial charge in [-0.25, -0.2) is 0 Å². The molecule has 1 aliphatic carbocycles. The summed E-state index contributed by atoms with van der Waals surface area (Å²) in [6.07, 6.45) is -0.959. The van der Waals surface area contributed by atoms with Gasteiger partial charge in [0.2, 0.25) is 0 Å². The predicted molar refractivity (Wildman–Crippen MR) is 78.9 cm³/mol. The van der Waals surface area contributed by atoms with Gasteiger partial charge >= 0.3 is 6.18 Å². The quantitative estimate of drug-likeness (QED) is 0.754. The second kappa shape index (κ2) is 6.37. The van der Waals surface area contributed by atoms with Crippen molar-refractivity contribution in [3.63, 3.8) is 0 Å². The van der Waals surface area contributed by atoms with E-state index < -0.39 is 18.1 Å². The van der Waals surface area contributed by atoms with Gasteiger partial charge in [-0.2, -0.15) is 13.2 Å². The molecule has 0 heterocycles. The van der Waals surface area contributed by atoms with E-state index in [1.54, 1.807) is 0 Å². The molecule has 1 aliphatic rings. The lowest BCUT2D eigenvalue weighted by Gasteiger charge is -2.34. The average Bonchev–Trinajstić information content (AvgIpc) is 2.40. The van der Waals surface area contributed by atoms with E-state index in [0.29, 0.717) is 12.8 Å². The molecule has 0 amide bonds. The highest BCUT2D eigenvalue weighted by molar-refractivity contribution is 9.10. The van der Waals surface area contributed by atoms with Crippen LogP contribution in [-0.2, 0) is 6.42 Å². The molecule has 2 unspecified atom stereocenters. The lowest BCUT2D eigenvalue weighted by molar-refractivity contribution is -0.184. The summed E-state index contributed by atoms with van der Waals surface area (Å²) in [7, 11) is 0. The van der Waals surface area contributed by atoms with E-state index in [2.05, 4.69) is 21.2 Å². The third-order valence-corrected chi connectivity index (χ3v) is 4.47. The Morgan fingerprint density at radius 3 is 2.60 bits per heavy atom. The summed E-state index contributed by atoms with van der Waals surface area (Å²) >= 11 is 3.40. The first-order valence-corrected chi connectivity index (χ1v) is 7.82. The zero-order valence-corrected chi connectivity index (χ0v) is 13.0. The van der Waals surface area contributed by atoms with E-state index >= 15 is 0 Å². The lowest BCUT2D eigenvalue weighted by Crippen LogP contribution is -2.41. The predicted octanol–water partition coefficient (Wildman–Crippen LogP) is 5.54. The van der Waals surface area contributed by atoms with Gasteiger partial charge in [0.15, 0.2) is 0 Å².